The molecule has 1 aliphatic rings. The molecule has 0 spiro atoms. The molecule has 9 heteroatoms. The molecular weight excluding hydrogens is 396 g/mol. The summed E-state index contributed by atoms with van der Waals surface area (Å²) in [6.07, 6.45) is 4.46. The zero-order chi connectivity index (χ0) is 21.4. The first-order chi connectivity index (χ1) is 13.9. The normalized spacial score (nSPS) is 18.5. The Morgan fingerprint density at radius 2 is 2.10 bits per heavy atom. The second-order valence-electron chi connectivity index (χ2n) is 6.14. The monoisotopic (exact) mass is 417 g/mol. The average molecular weight is 417 g/mol. The van der Waals surface area contributed by atoms with Crippen molar-refractivity contribution >= 4 is 28.8 Å². The number of rotatable bonds is 4. The summed E-state index contributed by atoms with van der Waals surface area (Å²) in [4.78, 5) is 11.5. The van der Waals surface area contributed by atoms with Crippen LogP contribution in [0.25, 0.3) is 11.9 Å². The molecule has 0 radical (unpaired) electrons. The Balaban J connectivity index is 0.000000941. The average Bonchev–Trinajstić information content (AvgIpc) is 3.48. The zero-order valence-corrected chi connectivity index (χ0v) is 17.1. The summed E-state index contributed by atoms with van der Waals surface area (Å²) in [5.74, 6) is -0.893. The van der Waals surface area contributed by atoms with E-state index in [1.54, 1.807) is 27.3 Å². The van der Waals surface area contributed by atoms with Gasteiger partial charge in [-0.05, 0) is 35.8 Å². The van der Waals surface area contributed by atoms with Gasteiger partial charge < -0.3 is 10.5 Å². The van der Waals surface area contributed by atoms with Crippen LogP contribution in [0.4, 0.5) is 8.78 Å². The van der Waals surface area contributed by atoms with E-state index in [1.165, 1.54) is 42.4 Å². The number of halogens is 2. The first-order valence-electron chi connectivity index (χ1n) is 8.61. The fourth-order valence-electron chi connectivity index (χ4n) is 2.50. The molecule has 1 aromatic heterocycles. The molecule has 152 valence electrons. The van der Waals surface area contributed by atoms with Crippen molar-refractivity contribution in [1.29, 1.82) is 5.26 Å². The Morgan fingerprint density at radius 1 is 1.38 bits per heavy atom. The highest BCUT2D eigenvalue weighted by molar-refractivity contribution is 8.14. The molecule has 2 N–H and O–H groups in total. The summed E-state index contributed by atoms with van der Waals surface area (Å²) >= 11 is 1.42. The summed E-state index contributed by atoms with van der Waals surface area (Å²) < 4.78 is 32.8. The fraction of sp³-hybridized carbons (Fsp3) is 0.300. The van der Waals surface area contributed by atoms with Gasteiger partial charge in [-0.15, -0.1) is 0 Å². The van der Waals surface area contributed by atoms with Gasteiger partial charge in [0.2, 0.25) is 0 Å². The minimum absolute atomic E-state index is 0.0154. The van der Waals surface area contributed by atoms with Crippen molar-refractivity contribution in [1.82, 2.24) is 9.97 Å². The van der Waals surface area contributed by atoms with Crippen LogP contribution in [0.1, 0.15) is 34.9 Å². The first kappa shape index (κ1) is 22.5. The Morgan fingerprint density at radius 3 is 2.69 bits per heavy atom. The SMILES string of the molecule is CN=C(N)SC1CC1c1cc(/C=C(\F)c2cnc(C#N)cn2)ccc1F.COC. The van der Waals surface area contributed by atoms with E-state index in [0.29, 0.717) is 16.3 Å². The van der Waals surface area contributed by atoms with Crippen LogP contribution in [0, 0.1) is 17.1 Å². The number of nitrogens with two attached hydrogens (primary N) is 1. The molecule has 2 atom stereocenters. The minimum Gasteiger partial charge on any atom is -0.388 e. The van der Waals surface area contributed by atoms with Crippen LogP contribution in [-0.4, -0.2) is 41.7 Å². The number of methoxy groups -OCH3 is 1. The molecule has 1 saturated carbocycles. The molecule has 29 heavy (non-hydrogen) atoms. The van der Waals surface area contributed by atoms with Gasteiger partial charge in [0.05, 0.1) is 12.4 Å². The number of hydrogen-bond acceptors (Lipinski definition) is 6. The summed E-state index contributed by atoms with van der Waals surface area (Å²) in [5.41, 5.74) is 6.89. The summed E-state index contributed by atoms with van der Waals surface area (Å²) in [5, 5.41) is 9.35. The molecule has 1 aromatic carbocycles. The molecule has 6 nitrogen and oxygen atoms in total. The molecule has 1 heterocycles. The van der Waals surface area contributed by atoms with Gasteiger partial charge >= 0.3 is 0 Å². The molecule has 0 bridgehead atoms. The van der Waals surface area contributed by atoms with Crippen LogP contribution < -0.4 is 5.73 Å². The van der Waals surface area contributed by atoms with E-state index in [9.17, 15) is 8.78 Å². The van der Waals surface area contributed by atoms with Gasteiger partial charge in [-0.2, -0.15) is 5.26 Å². The predicted molar refractivity (Wildman–Crippen MR) is 111 cm³/mol. The van der Waals surface area contributed by atoms with Crippen molar-refractivity contribution in [2.24, 2.45) is 10.7 Å². The molecular formula is C20H21F2N5OS. The van der Waals surface area contributed by atoms with Gasteiger partial charge in [0.15, 0.2) is 16.7 Å². The fourth-order valence-corrected chi connectivity index (χ4v) is 3.53. The van der Waals surface area contributed by atoms with Crippen molar-refractivity contribution < 1.29 is 13.5 Å². The third-order valence-corrected chi connectivity index (χ3v) is 5.20. The van der Waals surface area contributed by atoms with Gasteiger partial charge in [-0.3, -0.25) is 4.99 Å². The standard InChI is InChI=1S/C18H15F2N5S.C2H6O/c1-23-18(22)26-17-6-13(17)12-4-10(2-3-14(12)19)5-15(20)16-9-24-11(7-21)8-25-16;1-3-2/h2-5,8-9,13,17H,6H2,1H3,(H2,22,23);1-2H3/b15-5-;. The van der Waals surface area contributed by atoms with E-state index in [4.69, 9.17) is 11.0 Å². The van der Waals surface area contributed by atoms with Crippen molar-refractivity contribution in [3.8, 4) is 6.07 Å². The molecule has 2 unspecified atom stereocenters. The third kappa shape index (κ3) is 6.34. The lowest BCUT2D eigenvalue weighted by atomic mass is 10.1. The quantitative estimate of drug-likeness (QED) is 0.601. The van der Waals surface area contributed by atoms with Crippen LogP contribution in [0.2, 0.25) is 0 Å². The Labute approximate surface area is 172 Å². The number of benzene rings is 1. The number of hydrogen-bond donors (Lipinski definition) is 1. The number of amidine groups is 1. The number of thioether (sulfide) groups is 1. The van der Waals surface area contributed by atoms with Gasteiger partial charge in [-0.25, -0.2) is 18.7 Å². The van der Waals surface area contributed by atoms with Crippen LogP contribution in [0.5, 0.6) is 0 Å². The van der Waals surface area contributed by atoms with Gasteiger partial charge in [-0.1, -0.05) is 17.8 Å². The minimum atomic E-state index is -0.608. The first-order valence-corrected chi connectivity index (χ1v) is 9.49. The maximum absolute atomic E-state index is 14.3. The number of nitrogens with zero attached hydrogens (tertiary/aromatic N) is 4. The van der Waals surface area contributed by atoms with Crippen molar-refractivity contribution in [2.45, 2.75) is 17.6 Å². The van der Waals surface area contributed by atoms with E-state index in [2.05, 4.69) is 19.7 Å². The van der Waals surface area contributed by atoms with Crippen molar-refractivity contribution in [3.05, 3.63) is 58.9 Å². The molecule has 2 aromatic rings. The van der Waals surface area contributed by atoms with E-state index in [1.807, 2.05) is 6.07 Å². The number of nitriles is 1. The molecule has 3 rings (SSSR count). The number of aliphatic imine (C=N–C) groups is 1. The lowest BCUT2D eigenvalue weighted by molar-refractivity contribution is 0.277. The highest BCUT2D eigenvalue weighted by Crippen LogP contribution is 2.50. The Bertz CT molecular complexity index is 941. The summed E-state index contributed by atoms with van der Waals surface area (Å²) in [7, 11) is 4.86. The third-order valence-electron chi connectivity index (χ3n) is 3.95. The van der Waals surface area contributed by atoms with Crippen LogP contribution in [0.3, 0.4) is 0 Å². The lowest BCUT2D eigenvalue weighted by Crippen LogP contribution is -2.07. The molecule has 1 fully saturated rings. The van der Waals surface area contributed by atoms with E-state index < -0.39 is 5.83 Å². The molecule has 1 aliphatic carbocycles. The van der Waals surface area contributed by atoms with Crippen molar-refractivity contribution in [2.75, 3.05) is 21.3 Å². The largest absolute Gasteiger partial charge is 0.388 e. The molecule has 0 amide bonds. The Hall–Kier alpha value is -2.83. The maximum atomic E-state index is 14.3. The molecule has 0 saturated heterocycles. The highest BCUT2D eigenvalue weighted by atomic mass is 32.2. The van der Waals surface area contributed by atoms with Crippen LogP contribution in [0.15, 0.2) is 35.6 Å². The van der Waals surface area contributed by atoms with Crippen molar-refractivity contribution in [3.63, 3.8) is 0 Å². The van der Waals surface area contributed by atoms with Gasteiger partial charge in [0.1, 0.15) is 17.6 Å². The van der Waals surface area contributed by atoms with Gasteiger partial charge in [0, 0.05) is 32.4 Å². The highest BCUT2D eigenvalue weighted by Gasteiger charge is 2.41. The van der Waals surface area contributed by atoms with E-state index >= 15 is 0 Å². The second-order valence-corrected chi connectivity index (χ2v) is 7.40. The smallest absolute Gasteiger partial charge is 0.158 e. The van der Waals surface area contributed by atoms with Crippen LogP contribution >= 0.6 is 11.8 Å². The van der Waals surface area contributed by atoms with Gasteiger partial charge in [0.25, 0.3) is 0 Å². The number of aromatic nitrogens is 2. The summed E-state index contributed by atoms with van der Waals surface area (Å²) in [6, 6.07) is 6.29. The number of ether oxygens (including phenoxy) is 1. The lowest BCUT2D eigenvalue weighted by Gasteiger charge is -2.05. The van der Waals surface area contributed by atoms with E-state index in [-0.39, 0.29) is 28.4 Å². The van der Waals surface area contributed by atoms with E-state index in [0.717, 1.165) is 6.42 Å². The topological polar surface area (TPSA) is 97.2 Å². The Kier molecular flexibility index (Phi) is 8.24. The van der Waals surface area contributed by atoms with Crippen LogP contribution in [-0.2, 0) is 4.74 Å². The maximum Gasteiger partial charge on any atom is 0.158 e. The second kappa shape index (κ2) is 10.6. The molecule has 0 aliphatic heterocycles. The summed E-state index contributed by atoms with van der Waals surface area (Å²) in [6.45, 7) is 0. The predicted octanol–water partition coefficient (Wildman–Crippen LogP) is 3.75. The zero-order valence-electron chi connectivity index (χ0n) is 16.3.